The van der Waals surface area contributed by atoms with E-state index in [0.717, 1.165) is 6.42 Å². The second kappa shape index (κ2) is 12.2. The molecule has 0 radical (unpaired) electrons. The van der Waals surface area contributed by atoms with Gasteiger partial charge in [0.25, 0.3) is 0 Å². The lowest BCUT2D eigenvalue weighted by atomic mass is 10.1. The largest absolute Gasteiger partial charge is 0.726 e. The zero-order valence-corrected chi connectivity index (χ0v) is 14.0. The molecule has 0 saturated carbocycles. The zero-order chi connectivity index (χ0) is 18.8. The summed E-state index contributed by atoms with van der Waals surface area (Å²) in [6, 6.07) is 4.25. The number of benzene rings is 1. The average molecular weight is 384 g/mol. The molecule has 0 spiro atoms. The van der Waals surface area contributed by atoms with E-state index < -0.39 is 16.5 Å². The van der Waals surface area contributed by atoms with Crippen molar-refractivity contribution >= 4 is 16.4 Å². The van der Waals surface area contributed by atoms with Crippen molar-refractivity contribution in [2.75, 3.05) is 19.6 Å². The summed E-state index contributed by atoms with van der Waals surface area (Å²) in [7, 11) is -4.92. The van der Waals surface area contributed by atoms with E-state index in [-0.39, 0.29) is 22.9 Å². The van der Waals surface area contributed by atoms with Gasteiger partial charge < -0.3 is 30.7 Å². The first-order valence-corrected chi connectivity index (χ1v) is 8.08. The molecule has 1 rings (SSSR count). The van der Waals surface area contributed by atoms with Crippen LogP contribution in [0, 0.1) is 0 Å². The van der Waals surface area contributed by atoms with Crippen molar-refractivity contribution in [3.8, 4) is 11.5 Å². The van der Waals surface area contributed by atoms with Crippen LogP contribution in [0.5, 0.6) is 11.5 Å². The fourth-order valence-electron chi connectivity index (χ4n) is 1.55. The number of aliphatic hydroxyl groups is 1. The van der Waals surface area contributed by atoms with Crippen molar-refractivity contribution in [3.05, 3.63) is 23.8 Å². The van der Waals surface area contributed by atoms with Gasteiger partial charge in [-0.2, -0.15) is 0 Å². The van der Waals surface area contributed by atoms with Gasteiger partial charge in [-0.05, 0) is 30.7 Å². The van der Waals surface area contributed by atoms with Crippen LogP contribution in [0.15, 0.2) is 18.2 Å². The molecule has 25 heavy (non-hydrogen) atoms. The predicted octanol–water partition coefficient (Wildman–Crippen LogP) is -4.36. The number of aromatic hydroxyl groups is 2. The number of hydrogen-bond acceptors (Lipinski definition) is 7. The third kappa shape index (κ3) is 15.1. The Bertz CT molecular complexity index is 626. The Labute approximate surface area is 144 Å². The molecular formula is C12H24N4O8S. The third-order valence-corrected chi connectivity index (χ3v) is 2.58. The van der Waals surface area contributed by atoms with E-state index in [0.29, 0.717) is 25.2 Å². The number of hydrogen-bond donors (Lipinski definition) is 8. The molecule has 13 heteroatoms. The maximum absolute atomic E-state index is 9.87. The molecule has 0 amide bonds. The van der Waals surface area contributed by atoms with Crippen LogP contribution < -0.4 is 21.8 Å². The SMILES string of the molecule is NC(N)=[NH+]CCCNCC(O)c1ccc(O)c(O)c1.O.O=S(=O)([O-])O. The van der Waals surface area contributed by atoms with Gasteiger partial charge >= 0.3 is 5.96 Å². The fraction of sp³-hybridized carbons (Fsp3) is 0.417. The second-order valence-electron chi connectivity index (χ2n) is 4.63. The molecule has 0 aliphatic heterocycles. The topological polar surface area (TPSA) is 248 Å². The molecule has 0 bridgehead atoms. The van der Waals surface area contributed by atoms with E-state index in [1.165, 1.54) is 12.1 Å². The monoisotopic (exact) mass is 384 g/mol. The Morgan fingerprint density at radius 2 is 1.84 bits per heavy atom. The van der Waals surface area contributed by atoms with Gasteiger partial charge in [-0.15, -0.1) is 0 Å². The molecule has 0 aromatic heterocycles. The van der Waals surface area contributed by atoms with Crippen molar-refractivity contribution < 1.29 is 43.3 Å². The summed E-state index contributed by atoms with van der Waals surface area (Å²) >= 11 is 0. The van der Waals surface area contributed by atoms with Crippen LogP contribution in [0.4, 0.5) is 0 Å². The van der Waals surface area contributed by atoms with Crippen molar-refractivity contribution in [1.29, 1.82) is 0 Å². The molecule has 0 aliphatic rings. The van der Waals surface area contributed by atoms with Gasteiger partial charge in [0.1, 0.15) is 0 Å². The number of rotatable bonds is 7. The van der Waals surface area contributed by atoms with Crippen LogP contribution >= 0.6 is 0 Å². The highest BCUT2D eigenvalue weighted by Crippen LogP contribution is 2.27. The Morgan fingerprint density at radius 3 is 2.32 bits per heavy atom. The number of phenols is 2. The summed E-state index contributed by atoms with van der Waals surface area (Å²) in [5.41, 5.74) is 11.0. The maximum Gasteiger partial charge on any atom is 0.338 e. The summed E-state index contributed by atoms with van der Waals surface area (Å²) in [4.78, 5) is 2.79. The van der Waals surface area contributed by atoms with E-state index in [1.807, 2.05) is 0 Å². The van der Waals surface area contributed by atoms with E-state index in [2.05, 4.69) is 10.3 Å². The van der Waals surface area contributed by atoms with Crippen molar-refractivity contribution in [2.24, 2.45) is 11.5 Å². The molecule has 0 fully saturated rings. The predicted molar refractivity (Wildman–Crippen MR) is 87.4 cm³/mol. The summed E-state index contributed by atoms with van der Waals surface area (Å²) in [5, 5.41) is 31.4. The standard InChI is InChI=1S/C12H20N4O3.H2O4S.H2O/c13-12(14)16-5-1-4-15-7-11(19)8-2-3-9(17)10(18)6-8;1-5(2,3)4;/h2-3,6,11,15,17-19H,1,4-5,7H2,(H4,13,14,16);(H2,1,2,3,4);1H2. The first-order chi connectivity index (χ1) is 11.0. The number of phenolic OH excluding ortho intramolecular Hbond substituents is 2. The molecule has 12 nitrogen and oxygen atoms in total. The quantitative estimate of drug-likeness (QED) is 0.0560. The van der Waals surface area contributed by atoms with E-state index >= 15 is 0 Å². The van der Waals surface area contributed by atoms with Gasteiger partial charge in [-0.3, -0.25) is 21.0 Å². The van der Waals surface area contributed by atoms with Gasteiger partial charge in [-0.25, -0.2) is 8.42 Å². The average Bonchev–Trinajstić information content (AvgIpc) is 2.43. The van der Waals surface area contributed by atoms with Crippen LogP contribution in [0.1, 0.15) is 18.1 Å². The number of nitrogens with two attached hydrogens (primary N) is 2. The highest BCUT2D eigenvalue weighted by atomic mass is 32.3. The highest BCUT2D eigenvalue weighted by Gasteiger charge is 2.09. The number of guanidine groups is 1. The molecule has 1 aromatic carbocycles. The minimum Gasteiger partial charge on any atom is -0.726 e. The molecule has 1 unspecified atom stereocenters. The Morgan fingerprint density at radius 1 is 1.28 bits per heavy atom. The smallest absolute Gasteiger partial charge is 0.338 e. The summed E-state index contributed by atoms with van der Waals surface area (Å²) in [5.74, 6) is -0.250. The van der Waals surface area contributed by atoms with E-state index in [1.54, 1.807) is 6.07 Å². The molecule has 1 atom stereocenters. The minimum atomic E-state index is -4.92. The van der Waals surface area contributed by atoms with Crippen LogP contribution in [0.3, 0.4) is 0 Å². The molecule has 0 aliphatic carbocycles. The zero-order valence-electron chi connectivity index (χ0n) is 13.2. The van der Waals surface area contributed by atoms with Gasteiger partial charge in [-0.1, -0.05) is 6.07 Å². The summed E-state index contributed by atoms with van der Waals surface area (Å²) in [6.45, 7) is 1.71. The minimum absolute atomic E-state index is 0. The molecule has 1 aromatic rings. The molecule has 0 saturated heterocycles. The lowest BCUT2D eigenvalue weighted by Crippen LogP contribution is -2.78. The van der Waals surface area contributed by atoms with Gasteiger partial charge in [0.15, 0.2) is 11.5 Å². The van der Waals surface area contributed by atoms with Crippen LogP contribution in [0.25, 0.3) is 0 Å². The molecular weight excluding hydrogens is 360 g/mol. The molecule has 12 N–H and O–H groups in total. The van der Waals surface area contributed by atoms with Crippen LogP contribution in [0.2, 0.25) is 0 Å². The number of aliphatic hydroxyl groups excluding tert-OH is 1. The maximum atomic E-state index is 9.87. The number of nitrogens with one attached hydrogen (secondary N) is 2. The molecule has 0 heterocycles. The van der Waals surface area contributed by atoms with Gasteiger partial charge in [0.2, 0.25) is 10.4 Å². The second-order valence-corrected chi connectivity index (χ2v) is 5.49. The Kier molecular flexibility index (Phi) is 12.3. The Balaban J connectivity index is 0. The summed E-state index contributed by atoms with van der Waals surface area (Å²) in [6.07, 6.45) is 0.0661. The first-order valence-electron chi connectivity index (χ1n) is 6.71. The van der Waals surface area contributed by atoms with Crippen molar-refractivity contribution in [3.63, 3.8) is 0 Å². The Hall–Kier alpha value is -2.16. The normalized spacial score (nSPS) is 11.5. The van der Waals surface area contributed by atoms with E-state index in [4.69, 9.17) is 34.1 Å². The van der Waals surface area contributed by atoms with Crippen molar-refractivity contribution in [1.82, 2.24) is 5.32 Å². The van der Waals surface area contributed by atoms with Crippen LogP contribution in [-0.4, -0.2) is 63.9 Å². The lowest BCUT2D eigenvalue weighted by molar-refractivity contribution is -0.459. The molecule has 146 valence electrons. The van der Waals surface area contributed by atoms with Gasteiger partial charge in [0, 0.05) is 6.54 Å². The van der Waals surface area contributed by atoms with Crippen LogP contribution in [-0.2, 0) is 10.4 Å². The third-order valence-electron chi connectivity index (χ3n) is 2.58. The van der Waals surface area contributed by atoms with Crippen molar-refractivity contribution in [2.45, 2.75) is 12.5 Å². The van der Waals surface area contributed by atoms with Gasteiger partial charge in [0.05, 0.1) is 12.6 Å². The fourth-order valence-corrected chi connectivity index (χ4v) is 1.55. The summed E-state index contributed by atoms with van der Waals surface area (Å²) < 4.78 is 32.8. The van der Waals surface area contributed by atoms with E-state index in [9.17, 15) is 10.2 Å². The highest BCUT2D eigenvalue weighted by molar-refractivity contribution is 7.79. The lowest BCUT2D eigenvalue weighted by Gasteiger charge is -2.12. The first kappa shape index (κ1) is 25.1.